The average Bonchev–Trinajstić information content (AvgIpc) is 2.83. The van der Waals surface area contributed by atoms with Crippen LogP contribution in [0.25, 0.3) is 10.9 Å². The lowest BCUT2D eigenvalue weighted by molar-refractivity contribution is 0.288. The zero-order valence-electron chi connectivity index (χ0n) is 11.2. The van der Waals surface area contributed by atoms with Crippen LogP contribution in [0.2, 0.25) is 0 Å². The van der Waals surface area contributed by atoms with E-state index in [2.05, 4.69) is 17.2 Å². The van der Waals surface area contributed by atoms with E-state index >= 15 is 0 Å². The maximum Gasteiger partial charge on any atom is 0.135 e. The SMILES string of the molecule is CCNCCc1c[nH]c2cc(F)c3c(c12)OCCC3. The highest BCUT2D eigenvalue weighted by atomic mass is 19.1. The fraction of sp³-hybridized carbons (Fsp3) is 0.467. The number of hydrogen-bond acceptors (Lipinski definition) is 2. The maximum absolute atomic E-state index is 14.0. The predicted octanol–water partition coefficient (Wildman–Crippen LogP) is 2.78. The fourth-order valence-corrected chi connectivity index (χ4v) is 2.75. The quantitative estimate of drug-likeness (QED) is 0.831. The van der Waals surface area contributed by atoms with Crippen LogP contribution in [-0.2, 0) is 12.8 Å². The molecule has 3 rings (SSSR count). The Balaban J connectivity index is 2.05. The van der Waals surface area contributed by atoms with Gasteiger partial charge in [-0.3, -0.25) is 0 Å². The van der Waals surface area contributed by atoms with E-state index in [1.165, 1.54) is 5.56 Å². The van der Waals surface area contributed by atoms with Gasteiger partial charge in [-0.15, -0.1) is 0 Å². The van der Waals surface area contributed by atoms with Gasteiger partial charge in [0.2, 0.25) is 0 Å². The minimum Gasteiger partial charge on any atom is -0.492 e. The number of benzene rings is 1. The van der Waals surface area contributed by atoms with E-state index in [0.717, 1.165) is 54.6 Å². The van der Waals surface area contributed by atoms with Crippen molar-refractivity contribution in [2.75, 3.05) is 19.7 Å². The van der Waals surface area contributed by atoms with Gasteiger partial charge in [0.1, 0.15) is 11.6 Å². The lowest BCUT2D eigenvalue weighted by Crippen LogP contribution is -2.16. The molecule has 1 aliphatic rings. The van der Waals surface area contributed by atoms with Crippen molar-refractivity contribution in [1.82, 2.24) is 10.3 Å². The van der Waals surface area contributed by atoms with Crippen molar-refractivity contribution < 1.29 is 9.13 Å². The van der Waals surface area contributed by atoms with Gasteiger partial charge in [-0.05, 0) is 44.0 Å². The van der Waals surface area contributed by atoms with Gasteiger partial charge in [0.05, 0.1) is 12.1 Å². The first-order chi connectivity index (χ1) is 9.31. The van der Waals surface area contributed by atoms with Gasteiger partial charge in [0.15, 0.2) is 0 Å². The predicted molar refractivity (Wildman–Crippen MR) is 74.3 cm³/mol. The molecule has 0 spiro atoms. The van der Waals surface area contributed by atoms with E-state index in [1.807, 2.05) is 6.20 Å². The molecule has 0 unspecified atom stereocenters. The molecule has 102 valence electrons. The van der Waals surface area contributed by atoms with Crippen molar-refractivity contribution in [1.29, 1.82) is 0 Å². The third kappa shape index (κ3) is 2.21. The molecule has 0 radical (unpaired) electrons. The lowest BCUT2D eigenvalue weighted by Gasteiger charge is -2.19. The maximum atomic E-state index is 14.0. The van der Waals surface area contributed by atoms with Crippen LogP contribution in [0.1, 0.15) is 24.5 Å². The molecule has 0 fully saturated rings. The molecule has 2 aromatic rings. The zero-order chi connectivity index (χ0) is 13.2. The van der Waals surface area contributed by atoms with E-state index in [-0.39, 0.29) is 5.82 Å². The van der Waals surface area contributed by atoms with Gasteiger partial charge in [-0.1, -0.05) is 6.92 Å². The number of halogens is 1. The van der Waals surface area contributed by atoms with Crippen LogP contribution in [0.3, 0.4) is 0 Å². The molecule has 1 aromatic heterocycles. The number of ether oxygens (including phenoxy) is 1. The van der Waals surface area contributed by atoms with Gasteiger partial charge in [0.25, 0.3) is 0 Å². The smallest absolute Gasteiger partial charge is 0.135 e. The largest absolute Gasteiger partial charge is 0.492 e. The Morgan fingerprint density at radius 3 is 3.21 bits per heavy atom. The molecule has 0 saturated carbocycles. The summed E-state index contributed by atoms with van der Waals surface area (Å²) in [5.74, 6) is 0.608. The van der Waals surface area contributed by atoms with E-state index < -0.39 is 0 Å². The summed E-state index contributed by atoms with van der Waals surface area (Å²) in [6.07, 6.45) is 4.57. The van der Waals surface area contributed by atoms with Gasteiger partial charge >= 0.3 is 0 Å². The summed E-state index contributed by atoms with van der Waals surface area (Å²) >= 11 is 0. The summed E-state index contributed by atoms with van der Waals surface area (Å²) in [5.41, 5.74) is 2.78. The van der Waals surface area contributed by atoms with Crippen molar-refractivity contribution in [2.45, 2.75) is 26.2 Å². The summed E-state index contributed by atoms with van der Waals surface area (Å²) in [4.78, 5) is 3.16. The standard InChI is InChI=1S/C15H19FN2O/c1-2-17-6-5-10-9-18-13-8-12(16)11-4-3-7-19-15(11)14(10)13/h8-9,17-18H,2-7H2,1H3. The molecular formula is C15H19FN2O. The number of aromatic nitrogens is 1. The van der Waals surface area contributed by atoms with E-state index in [0.29, 0.717) is 6.61 Å². The number of fused-ring (bicyclic) bond motifs is 3. The Bertz CT molecular complexity index is 591. The van der Waals surface area contributed by atoms with Crippen molar-refractivity contribution in [2.24, 2.45) is 0 Å². The van der Waals surface area contributed by atoms with Crippen LogP contribution in [0, 0.1) is 5.82 Å². The highest BCUT2D eigenvalue weighted by Gasteiger charge is 2.21. The van der Waals surface area contributed by atoms with Crippen LogP contribution >= 0.6 is 0 Å². The summed E-state index contributed by atoms with van der Waals surface area (Å²) < 4.78 is 19.7. The Morgan fingerprint density at radius 2 is 2.37 bits per heavy atom. The Morgan fingerprint density at radius 1 is 1.47 bits per heavy atom. The molecule has 1 aromatic carbocycles. The van der Waals surface area contributed by atoms with Crippen LogP contribution in [-0.4, -0.2) is 24.7 Å². The summed E-state index contributed by atoms with van der Waals surface area (Å²) in [5, 5.41) is 4.38. The molecule has 0 atom stereocenters. The fourth-order valence-electron chi connectivity index (χ4n) is 2.75. The molecule has 2 heterocycles. The molecule has 3 nitrogen and oxygen atoms in total. The van der Waals surface area contributed by atoms with Gasteiger partial charge in [-0.25, -0.2) is 4.39 Å². The second-order valence-electron chi connectivity index (χ2n) is 4.96. The minimum absolute atomic E-state index is 0.151. The molecule has 0 saturated heterocycles. The first kappa shape index (κ1) is 12.5. The van der Waals surface area contributed by atoms with E-state index in [9.17, 15) is 4.39 Å². The molecule has 0 aliphatic carbocycles. The second kappa shape index (κ2) is 5.21. The molecule has 0 bridgehead atoms. The Kier molecular flexibility index (Phi) is 3.42. The summed E-state index contributed by atoms with van der Waals surface area (Å²) in [6, 6.07) is 1.60. The number of likely N-dealkylation sites (N-methyl/N-ethyl adjacent to an activating group) is 1. The van der Waals surface area contributed by atoms with E-state index in [1.54, 1.807) is 6.07 Å². The van der Waals surface area contributed by atoms with Crippen LogP contribution in [0.5, 0.6) is 5.75 Å². The summed E-state index contributed by atoms with van der Waals surface area (Å²) in [6.45, 7) is 4.67. The first-order valence-electron chi connectivity index (χ1n) is 6.96. The highest BCUT2D eigenvalue weighted by Crippen LogP contribution is 2.37. The van der Waals surface area contributed by atoms with E-state index in [4.69, 9.17) is 4.74 Å². The average molecular weight is 262 g/mol. The molecule has 2 N–H and O–H groups in total. The van der Waals surface area contributed by atoms with Crippen molar-refractivity contribution >= 4 is 10.9 Å². The zero-order valence-corrected chi connectivity index (χ0v) is 11.2. The lowest BCUT2D eigenvalue weighted by atomic mass is 10.00. The third-order valence-corrected chi connectivity index (χ3v) is 3.69. The molecular weight excluding hydrogens is 243 g/mol. The number of hydrogen-bond donors (Lipinski definition) is 2. The monoisotopic (exact) mass is 262 g/mol. The number of nitrogens with one attached hydrogen (secondary N) is 2. The third-order valence-electron chi connectivity index (χ3n) is 3.69. The topological polar surface area (TPSA) is 37.0 Å². The number of rotatable bonds is 4. The number of aromatic amines is 1. The normalized spacial score (nSPS) is 14.4. The van der Waals surface area contributed by atoms with Crippen LogP contribution in [0.15, 0.2) is 12.3 Å². The van der Waals surface area contributed by atoms with Gasteiger partial charge < -0.3 is 15.0 Å². The number of H-pyrrole nitrogens is 1. The van der Waals surface area contributed by atoms with Gasteiger partial charge in [0, 0.05) is 17.1 Å². The highest BCUT2D eigenvalue weighted by molar-refractivity contribution is 5.91. The Hall–Kier alpha value is -1.55. The molecule has 19 heavy (non-hydrogen) atoms. The van der Waals surface area contributed by atoms with Crippen molar-refractivity contribution in [3.05, 3.63) is 29.2 Å². The van der Waals surface area contributed by atoms with Crippen molar-refractivity contribution in [3.8, 4) is 5.75 Å². The second-order valence-corrected chi connectivity index (χ2v) is 4.96. The van der Waals surface area contributed by atoms with Crippen molar-refractivity contribution in [3.63, 3.8) is 0 Å². The molecule has 4 heteroatoms. The molecule has 0 amide bonds. The minimum atomic E-state index is -0.151. The van der Waals surface area contributed by atoms with Crippen LogP contribution in [0.4, 0.5) is 4.39 Å². The summed E-state index contributed by atoms with van der Waals surface area (Å²) in [7, 11) is 0. The first-order valence-corrected chi connectivity index (χ1v) is 6.96. The molecule has 1 aliphatic heterocycles. The van der Waals surface area contributed by atoms with Crippen LogP contribution < -0.4 is 10.1 Å². The Labute approximate surface area is 112 Å². The van der Waals surface area contributed by atoms with Gasteiger partial charge in [-0.2, -0.15) is 0 Å².